The highest BCUT2D eigenvalue weighted by molar-refractivity contribution is 6.05. The lowest BCUT2D eigenvalue weighted by atomic mass is 10.1. The molecule has 0 unspecified atom stereocenters. The van der Waals surface area contributed by atoms with Gasteiger partial charge in [0.15, 0.2) is 11.6 Å². The van der Waals surface area contributed by atoms with Crippen LogP contribution in [-0.2, 0) is 16.0 Å². The standard InChI is InChI=1S/C24H26FNO4/c1-14-7-9-16(10-8-14)23(28)26-15(2)17(12-22(27)30-24(3,4)5)18-11-21(29-6)19(25)13-20(18)26/h7-11,13H,12H2,1-6H3. The Hall–Kier alpha value is -3.15. The van der Waals surface area contributed by atoms with Crippen LogP contribution in [0.1, 0.15) is 48.0 Å². The van der Waals surface area contributed by atoms with Gasteiger partial charge < -0.3 is 9.47 Å². The number of carbonyl (C=O) groups is 2. The first-order chi connectivity index (χ1) is 14.0. The van der Waals surface area contributed by atoms with Gasteiger partial charge in [0.25, 0.3) is 5.91 Å². The summed E-state index contributed by atoms with van der Waals surface area (Å²) < 4.78 is 26.5. The van der Waals surface area contributed by atoms with Crippen molar-refractivity contribution in [3.63, 3.8) is 0 Å². The smallest absolute Gasteiger partial charge is 0.310 e. The average Bonchev–Trinajstić information content (AvgIpc) is 2.90. The van der Waals surface area contributed by atoms with Gasteiger partial charge in [-0.05, 0) is 58.4 Å². The topological polar surface area (TPSA) is 57.5 Å². The van der Waals surface area contributed by atoms with Crippen molar-refractivity contribution >= 4 is 22.8 Å². The van der Waals surface area contributed by atoms with Crippen molar-refractivity contribution in [2.24, 2.45) is 0 Å². The lowest BCUT2D eigenvalue weighted by Crippen LogP contribution is -2.25. The van der Waals surface area contributed by atoms with E-state index in [-0.39, 0.29) is 18.1 Å². The van der Waals surface area contributed by atoms with Gasteiger partial charge in [-0.2, -0.15) is 0 Å². The van der Waals surface area contributed by atoms with E-state index < -0.39 is 17.4 Å². The Labute approximate surface area is 175 Å². The molecule has 2 aromatic carbocycles. The lowest BCUT2D eigenvalue weighted by Gasteiger charge is -2.19. The number of fused-ring (bicyclic) bond motifs is 1. The maximum atomic E-state index is 14.5. The Bertz CT molecular complexity index is 1120. The summed E-state index contributed by atoms with van der Waals surface area (Å²) in [6.07, 6.45) is -0.0391. The lowest BCUT2D eigenvalue weighted by molar-refractivity contribution is -0.153. The van der Waals surface area contributed by atoms with Gasteiger partial charge in [-0.25, -0.2) is 4.39 Å². The Kier molecular flexibility index (Phi) is 5.70. The average molecular weight is 411 g/mol. The number of esters is 1. The number of aryl methyl sites for hydroxylation is 1. The van der Waals surface area contributed by atoms with E-state index in [2.05, 4.69) is 0 Å². The molecule has 0 atom stereocenters. The summed E-state index contributed by atoms with van der Waals surface area (Å²) in [5.41, 5.74) is 2.43. The van der Waals surface area contributed by atoms with E-state index in [1.165, 1.54) is 23.8 Å². The van der Waals surface area contributed by atoms with Crippen LogP contribution in [0.4, 0.5) is 4.39 Å². The van der Waals surface area contributed by atoms with Gasteiger partial charge in [-0.1, -0.05) is 17.7 Å². The number of methoxy groups -OCH3 is 1. The Morgan fingerprint density at radius 1 is 1.07 bits per heavy atom. The molecule has 0 bridgehead atoms. The zero-order chi connectivity index (χ0) is 22.2. The highest BCUT2D eigenvalue weighted by atomic mass is 19.1. The highest BCUT2D eigenvalue weighted by Gasteiger charge is 2.25. The molecule has 0 aliphatic carbocycles. The molecule has 1 heterocycles. The first kappa shape index (κ1) is 21.6. The van der Waals surface area contributed by atoms with Crippen molar-refractivity contribution in [2.75, 3.05) is 7.11 Å². The van der Waals surface area contributed by atoms with Gasteiger partial charge in [0, 0.05) is 22.7 Å². The van der Waals surface area contributed by atoms with Crippen LogP contribution in [0.2, 0.25) is 0 Å². The molecule has 30 heavy (non-hydrogen) atoms. The second kappa shape index (κ2) is 7.94. The van der Waals surface area contributed by atoms with E-state index in [1.54, 1.807) is 39.8 Å². The monoisotopic (exact) mass is 411 g/mol. The molecule has 0 saturated heterocycles. The number of ether oxygens (including phenoxy) is 2. The van der Waals surface area contributed by atoms with Crippen LogP contribution in [-0.4, -0.2) is 29.2 Å². The maximum Gasteiger partial charge on any atom is 0.310 e. The summed E-state index contributed by atoms with van der Waals surface area (Å²) in [5, 5.41) is 0.581. The van der Waals surface area contributed by atoms with Crippen molar-refractivity contribution in [1.29, 1.82) is 0 Å². The molecule has 0 fully saturated rings. The van der Waals surface area contributed by atoms with E-state index >= 15 is 0 Å². The fourth-order valence-electron chi connectivity index (χ4n) is 3.47. The number of hydrogen-bond donors (Lipinski definition) is 0. The van der Waals surface area contributed by atoms with Crippen molar-refractivity contribution < 1.29 is 23.5 Å². The molecule has 0 radical (unpaired) electrons. The van der Waals surface area contributed by atoms with Gasteiger partial charge in [-0.3, -0.25) is 14.2 Å². The Balaban J connectivity index is 2.18. The summed E-state index contributed by atoms with van der Waals surface area (Å²) in [6.45, 7) is 9.06. The van der Waals surface area contributed by atoms with Crippen molar-refractivity contribution in [3.8, 4) is 5.75 Å². The summed E-state index contributed by atoms with van der Waals surface area (Å²) in [7, 11) is 1.37. The molecule has 158 valence electrons. The van der Waals surface area contributed by atoms with E-state index in [0.29, 0.717) is 27.7 Å². The normalized spacial score (nSPS) is 11.6. The highest BCUT2D eigenvalue weighted by Crippen LogP contribution is 2.33. The largest absolute Gasteiger partial charge is 0.494 e. The number of benzene rings is 2. The van der Waals surface area contributed by atoms with Gasteiger partial charge in [-0.15, -0.1) is 0 Å². The Morgan fingerprint density at radius 3 is 2.27 bits per heavy atom. The Morgan fingerprint density at radius 2 is 1.70 bits per heavy atom. The molecule has 1 aromatic heterocycles. The number of nitrogens with zero attached hydrogens (tertiary/aromatic N) is 1. The third-order valence-electron chi connectivity index (χ3n) is 4.85. The summed E-state index contributed by atoms with van der Waals surface area (Å²) >= 11 is 0. The maximum absolute atomic E-state index is 14.5. The van der Waals surface area contributed by atoms with Crippen LogP contribution in [0, 0.1) is 19.7 Å². The van der Waals surface area contributed by atoms with Crippen LogP contribution < -0.4 is 4.74 Å². The molecule has 0 spiro atoms. The fraction of sp³-hybridized carbons (Fsp3) is 0.333. The SMILES string of the molecule is COc1cc2c(CC(=O)OC(C)(C)C)c(C)n(C(=O)c3ccc(C)cc3)c2cc1F. The van der Waals surface area contributed by atoms with Gasteiger partial charge in [0.05, 0.1) is 19.0 Å². The predicted molar refractivity (Wildman–Crippen MR) is 114 cm³/mol. The second-order valence-electron chi connectivity index (χ2n) is 8.34. The first-order valence-corrected chi connectivity index (χ1v) is 9.72. The van der Waals surface area contributed by atoms with Crippen LogP contribution in [0.5, 0.6) is 5.75 Å². The molecule has 0 saturated carbocycles. The van der Waals surface area contributed by atoms with Gasteiger partial charge in [0.1, 0.15) is 5.60 Å². The second-order valence-corrected chi connectivity index (χ2v) is 8.34. The fourth-order valence-corrected chi connectivity index (χ4v) is 3.47. The number of halogens is 1. The third kappa shape index (κ3) is 4.22. The van der Waals surface area contributed by atoms with Crippen LogP contribution in [0.25, 0.3) is 10.9 Å². The summed E-state index contributed by atoms with van der Waals surface area (Å²) in [4.78, 5) is 25.8. The van der Waals surface area contributed by atoms with Crippen molar-refractivity contribution in [2.45, 2.75) is 46.6 Å². The molecule has 0 N–H and O–H groups in total. The van der Waals surface area contributed by atoms with Crippen LogP contribution >= 0.6 is 0 Å². The molecule has 0 amide bonds. The molecular weight excluding hydrogens is 385 g/mol. The molecular formula is C24H26FNO4. The molecule has 6 heteroatoms. The minimum atomic E-state index is -0.634. The zero-order valence-electron chi connectivity index (χ0n) is 18.1. The molecule has 5 nitrogen and oxygen atoms in total. The predicted octanol–water partition coefficient (Wildman–Crippen LogP) is 4.98. The quantitative estimate of drug-likeness (QED) is 0.568. The summed E-state index contributed by atoms with van der Waals surface area (Å²) in [6, 6.07) is 9.95. The van der Waals surface area contributed by atoms with E-state index in [1.807, 2.05) is 19.1 Å². The molecule has 0 aliphatic heterocycles. The van der Waals surface area contributed by atoms with Crippen LogP contribution in [0.15, 0.2) is 36.4 Å². The minimum absolute atomic E-state index is 0.0391. The van der Waals surface area contributed by atoms with E-state index in [9.17, 15) is 14.0 Å². The molecule has 0 aliphatic rings. The van der Waals surface area contributed by atoms with Gasteiger partial charge in [0.2, 0.25) is 0 Å². The molecule has 3 aromatic rings. The number of hydrogen-bond acceptors (Lipinski definition) is 4. The number of aromatic nitrogens is 1. The first-order valence-electron chi connectivity index (χ1n) is 9.72. The van der Waals surface area contributed by atoms with Crippen molar-refractivity contribution in [1.82, 2.24) is 4.57 Å². The van der Waals surface area contributed by atoms with Crippen LogP contribution in [0.3, 0.4) is 0 Å². The van der Waals surface area contributed by atoms with E-state index in [4.69, 9.17) is 9.47 Å². The third-order valence-corrected chi connectivity index (χ3v) is 4.85. The van der Waals surface area contributed by atoms with E-state index in [0.717, 1.165) is 5.56 Å². The summed E-state index contributed by atoms with van der Waals surface area (Å²) in [5.74, 6) is -1.25. The number of carbonyl (C=O) groups excluding carboxylic acids is 2. The molecule has 3 rings (SSSR count). The number of rotatable bonds is 4. The minimum Gasteiger partial charge on any atom is -0.494 e. The van der Waals surface area contributed by atoms with Gasteiger partial charge >= 0.3 is 5.97 Å². The zero-order valence-corrected chi connectivity index (χ0v) is 18.1. The van der Waals surface area contributed by atoms with Crippen molar-refractivity contribution in [3.05, 3.63) is 64.6 Å².